The number of hydrogen-bond donors (Lipinski definition) is 1. The lowest BCUT2D eigenvalue weighted by atomic mass is 9.44. The van der Waals surface area contributed by atoms with Crippen molar-refractivity contribution < 1.29 is 21.5 Å². The number of fused-ring (bicyclic) bond motifs is 5. The first-order valence-corrected chi connectivity index (χ1v) is 10.6. The molecule has 4 rings (SSSR count). The van der Waals surface area contributed by atoms with Gasteiger partial charge >= 0.3 is 5.97 Å². The van der Waals surface area contributed by atoms with Gasteiger partial charge in [-0.25, -0.2) is 0 Å². The van der Waals surface area contributed by atoms with Crippen molar-refractivity contribution in [3.8, 4) is 0 Å². The first kappa shape index (κ1) is 13.6. The highest BCUT2D eigenvalue weighted by molar-refractivity contribution is 5.66. The fourth-order valence-electron chi connectivity index (χ4n) is 7.63. The summed E-state index contributed by atoms with van der Waals surface area (Å²) in [7, 11) is 0. The average molecular weight is 368 g/mol. The molecule has 0 aromatic rings. The van der Waals surface area contributed by atoms with E-state index in [2.05, 4.69) is 6.92 Å². The Balaban J connectivity index is 1.69. The third kappa shape index (κ3) is 2.75. The second-order valence-electron chi connectivity index (χ2n) is 9.98. The summed E-state index contributed by atoms with van der Waals surface area (Å²) in [5, 5.41) is 10.2. The lowest BCUT2D eigenvalue weighted by Crippen LogP contribution is -2.54. The van der Waals surface area contributed by atoms with Crippen LogP contribution < -0.4 is 0 Å². The molecule has 0 bridgehead atoms. The van der Waals surface area contributed by atoms with Crippen LogP contribution in [0.4, 0.5) is 0 Å². The van der Waals surface area contributed by atoms with Gasteiger partial charge in [-0.3, -0.25) is 4.79 Å². The van der Waals surface area contributed by atoms with Crippen LogP contribution in [-0.4, -0.2) is 23.3 Å². The molecule has 1 N–H and O–H groups in total. The van der Waals surface area contributed by atoms with Gasteiger partial charge in [-0.05, 0) is 99.1 Å². The SMILES string of the molecule is [2H]C([2H])([2H])[C@]([2H])(OC(C)=O)[C@@]1([2H])CC[C@H]2[C@@H]3CC[C@@H]4C[C@H](O)CC[C@]4(C)[C@H]3CC[C@@]21C. The Morgan fingerprint density at radius 1 is 1.15 bits per heavy atom. The maximum absolute atomic E-state index is 11.8. The van der Waals surface area contributed by atoms with E-state index in [-0.39, 0.29) is 23.9 Å². The predicted molar refractivity (Wildman–Crippen MR) is 102 cm³/mol. The Labute approximate surface area is 166 Å². The summed E-state index contributed by atoms with van der Waals surface area (Å²) in [6.07, 6.45) is 4.69. The monoisotopic (exact) mass is 367 g/mol. The minimum absolute atomic E-state index is 0.163. The van der Waals surface area contributed by atoms with Gasteiger partial charge in [0, 0.05) is 18.3 Å². The number of carbonyl (C=O) groups excluding carboxylic acids is 1. The van der Waals surface area contributed by atoms with Crippen LogP contribution in [0.2, 0.25) is 0 Å². The Hall–Kier alpha value is -0.570. The zero-order valence-electron chi connectivity index (χ0n) is 21.5. The summed E-state index contributed by atoms with van der Waals surface area (Å²) < 4.78 is 47.6. The number of hydrogen-bond acceptors (Lipinski definition) is 3. The van der Waals surface area contributed by atoms with E-state index in [0.717, 1.165) is 45.4 Å². The van der Waals surface area contributed by atoms with Crippen LogP contribution >= 0.6 is 0 Å². The second kappa shape index (κ2) is 6.50. The zero-order valence-corrected chi connectivity index (χ0v) is 16.5. The van der Waals surface area contributed by atoms with Gasteiger partial charge < -0.3 is 9.84 Å². The fraction of sp³-hybridized carbons (Fsp3) is 0.957. The van der Waals surface area contributed by atoms with Gasteiger partial charge in [0.05, 0.1) is 7.47 Å². The van der Waals surface area contributed by atoms with Crippen LogP contribution in [0, 0.1) is 40.4 Å². The Morgan fingerprint density at radius 2 is 1.88 bits per heavy atom. The van der Waals surface area contributed by atoms with Crippen molar-refractivity contribution in [2.75, 3.05) is 0 Å². The van der Waals surface area contributed by atoms with Crippen molar-refractivity contribution in [3.05, 3.63) is 0 Å². The third-order valence-corrected chi connectivity index (χ3v) is 8.94. The molecule has 0 amide bonds. The van der Waals surface area contributed by atoms with E-state index < -0.39 is 30.2 Å². The largest absolute Gasteiger partial charge is 0.463 e. The minimum atomic E-state index is -2.89. The molecule has 9 atom stereocenters. The van der Waals surface area contributed by atoms with Crippen LogP contribution in [-0.2, 0) is 9.53 Å². The second-order valence-corrected chi connectivity index (χ2v) is 9.98. The summed E-state index contributed by atoms with van der Waals surface area (Å²) in [5.41, 5.74) is -0.494. The van der Waals surface area contributed by atoms with Crippen molar-refractivity contribution in [1.29, 1.82) is 0 Å². The van der Waals surface area contributed by atoms with E-state index >= 15 is 0 Å². The number of aliphatic hydroxyl groups excluding tert-OH is 1. The van der Waals surface area contributed by atoms with Crippen molar-refractivity contribution in [2.24, 2.45) is 40.4 Å². The van der Waals surface area contributed by atoms with E-state index in [1.165, 1.54) is 0 Å². The Morgan fingerprint density at radius 3 is 2.62 bits per heavy atom. The van der Waals surface area contributed by atoms with Crippen LogP contribution in [0.5, 0.6) is 0 Å². The van der Waals surface area contributed by atoms with Gasteiger partial charge in [-0.1, -0.05) is 13.8 Å². The normalized spacial score (nSPS) is 59.1. The van der Waals surface area contributed by atoms with Crippen LogP contribution in [0.1, 0.15) is 92.3 Å². The first-order chi connectivity index (χ1) is 14.2. The van der Waals surface area contributed by atoms with E-state index in [0.29, 0.717) is 30.6 Å². The Bertz CT molecular complexity index is 743. The number of esters is 1. The molecule has 0 radical (unpaired) electrons. The molecule has 0 aromatic heterocycles. The van der Waals surface area contributed by atoms with E-state index in [1.807, 2.05) is 6.92 Å². The van der Waals surface area contributed by atoms with Gasteiger partial charge in [-0.2, -0.15) is 0 Å². The van der Waals surface area contributed by atoms with E-state index in [1.54, 1.807) is 0 Å². The van der Waals surface area contributed by atoms with E-state index in [4.69, 9.17) is 10.2 Å². The summed E-state index contributed by atoms with van der Waals surface area (Å²) >= 11 is 0. The Kier molecular flexibility index (Phi) is 3.39. The first-order valence-electron chi connectivity index (χ1n) is 13.1. The molecule has 0 unspecified atom stereocenters. The topological polar surface area (TPSA) is 46.5 Å². The molecule has 4 aliphatic carbocycles. The summed E-state index contributed by atoms with van der Waals surface area (Å²) in [6.45, 7) is 2.62. The third-order valence-electron chi connectivity index (χ3n) is 8.94. The van der Waals surface area contributed by atoms with Gasteiger partial charge in [-0.15, -0.1) is 0 Å². The lowest BCUT2D eigenvalue weighted by molar-refractivity contribution is -0.156. The maximum atomic E-state index is 11.8. The van der Waals surface area contributed by atoms with Gasteiger partial charge in [0.15, 0.2) is 0 Å². The molecule has 0 saturated heterocycles. The minimum Gasteiger partial charge on any atom is -0.463 e. The number of aliphatic hydroxyl groups is 1. The molecule has 4 fully saturated rings. The smallest absolute Gasteiger partial charge is 0.302 e. The number of carbonyl (C=O) groups is 1. The van der Waals surface area contributed by atoms with Crippen molar-refractivity contribution in [3.63, 3.8) is 0 Å². The maximum Gasteiger partial charge on any atom is 0.302 e. The van der Waals surface area contributed by atoms with Crippen molar-refractivity contribution in [1.82, 2.24) is 0 Å². The standard InChI is InChI=1S/C23H38O3/c1-14(26-15(2)24)19-7-8-20-18-6-5-16-13-17(25)9-11-22(16,3)21(18)10-12-23(19,20)4/h14,16-21,25H,5-13H2,1-4H3/t14-,16+,17+,18-,19+,20-,21-,22-,23+/m0/s1/i1D3,14D,19D. The fourth-order valence-corrected chi connectivity index (χ4v) is 7.63. The predicted octanol–water partition coefficient (Wildman–Crippen LogP) is 4.96. The molecular formula is C23H38O3. The molecule has 0 aromatic carbocycles. The zero-order chi connectivity index (χ0) is 23.0. The highest BCUT2D eigenvalue weighted by Crippen LogP contribution is 2.67. The number of rotatable bonds is 2. The molecule has 148 valence electrons. The quantitative estimate of drug-likeness (QED) is 0.702. The summed E-state index contributed by atoms with van der Waals surface area (Å²) in [5.74, 6) is -0.875. The van der Waals surface area contributed by atoms with Gasteiger partial charge in [0.1, 0.15) is 6.08 Å². The summed E-state index contributed by atoms with van der Waals surface area (Å²) in [6, 6.07) is 0. The molecule has 4 saturated carbocycles. The van der Waals surface area contributed by atoms with Gasteiger partial charge in [0.25, 0.3) is 0 Å². The molecule has 4 aliphatic rings. The van der Waals surface area contributed by atoms with Crippen LogP contribution in [0.15, 0.2) is 0 Å². The highest BCUT2D eigenvalue weighted by Gasteiger charge is 2.60. The van der Waals surface area contributed by atoms with E-state index in [9.17, 15) is 11.3 Å². The molecule has 26 heavy (non-hydrogen) atoms. The molecule has 0 heterocycles. The lowest BCUT2D eigenvalue weighted by Gasteiger charge is -2.61. The van der Waals surface area contributed by atoms with Crippen LogP contribution in [0.3, 0.4) is 0 Å². The molecule has 0 aliphatic heterocycles. The molecule has 3 heteroatoms. The highest BCUT2D eigenvalue weighted by atomic mass is 16.5. The van der Waals surface area contributed by atoms with Crippen molar-refractivity contribution >= 4 is 5.97 Å². The number of ether oxygens (including phenoxy) is 1. The van der Waals surface area contributed by atoms with Gasteiger partial charge in [0.2, 0.25) is 0 Å². The summed E-state index contributed by atoms with van der Waals surface area (Å²) in [4.78, 5) is 11.8. The molecule has 3 nitrogen and oxygen atoms in total. The molecule has 0 spiro atoms. The van der Waals surface area contributed by atoms with Crippen LogP contribution in [0.25, 0.3) is 0 Å². The molecular weight excluding hydrogens is 324 g/mol. The average Bonchev–Trinajstić information content (AvgIpc) is 2.93. The van der Waals surface area contributed by atoms with Crippen molar-refractivity contribution in [2.45, 2.75) is 97.6 Å².